The summed E-state index contributed by atoms with van der Waals surface area (Å²) < 4.78 is 85.7. The molecule has 0 radical (unpaired) electrons. The van der Waals surface area contributed by atoms with Gasteiger partial charge in [0.05, 0.1) is 60.1 Å². The second-order valence-electron chi connectivity index (χ2n) is 16.2. The van der Waals surface area contributed by atoms with Crippen molar-refractivity contribution in [2.24, 2.45) is 0 Å². The van der Waals surface area contributed by atoms with E-state index in [4.69, 9.17) is 23.7 Å². The normalized spacial score (nSPS) is 12.1. The van der Waals surface area contributed by atoms with Crippen LogP contribution >= 0.6 is 0 Å². The first-order valence-electron chi connectivity index (χ1n) is 20.6. The minimum absolute atomic E-state index is 0.0218. The first-order chi connectivity index (χ1) is 31.3. The van der Waals surface area contributed by atoms with Gasteiger partial charge in [-0.2, -0.15) is 18.8 Å². The van der Waals surface area contributed by atoms with Crippen LogP contribution in [0.15, 0.2) is 132 Å². The average Bonchev–Trinajstić information content (AvgIpc) is 4.06. The number of esters is 1. The molecule has 17 nitrogen and oxygen atoms in total. The summed E-state index contributed by atoms with van der Waals surface area (Å²) in [6.07, 6.45) is 5.37. The van der Waals surface area contributed by atoms with E-state index in [1.807, 2.05) is 48.5 Å². The lowest BCUT2D eigenvalue weighted by Gasteiger charge is -2.23. The summed E-state index contributed by atoms with van der Waals surface area (Å²) in [6, 6.07) is 29.0. The number of aliphatic hydroxyl groups excluding tert-OH is 1. The Labute approximate surface area is 387 Å². The second kappa shape index (κ2) is 21.8. The summed E-state index contributed by atoms with van der Waals surface area (Å²) in [4.78, 5) is 12.2. The summed E-state index contributed by atoms with van der Waals surface area (Å²) in [5.74, 6) is 2.23. The number of benzene rings is 4. The lowest BCUT2D eigenvalue weighted by Crippen LogP contribution is -2.37. The van der Waals surface area contributed by atoms with Crippen LogP contribution in [-0.2, 0) is 66.8 Å². The van der Waals surface area contributed by atoms with Crippen LogP contribution in [0.25, 0.3) is 0 Å². The van der Waals surface area contributed by atoms with Crippen molar-refractivity contribution >= 4 is 26.0 Å². The summed E-state index contributed by atoms with van der Waals surface area (Å²) in [6.45, 7) is 7.21. The van der Waals surface area contributed by atoms with Gasteiger partial charge in [0.1, 0.15) is 32.8 Å². The molecule has 2 aromatic heterocycles. The number of methoxy groups -OCH3 is 5. The highest BCUT2D eigenvalue weighted by Gasteiger charge is 2.35. The molecule has 0 aliphatic rings. The molecular formula is C47H58N6O11S2. The van der Waals surface area contributed by atoms with E-state index in [-0.39, 0.29) is 42.6 Å². The Morgan fingerprint density at radius 2 is 0.818 bits per heavy atom. The predicted octanol–water partition coefficient (Wildman–Crippen LogP) is 6.22. The third-order valence-corrected chi connectivity index (χ3v) is 14.2. The van der Waals surface area contributed by atoms with Gasteiger partial charge in [0.2, 0.25) is 20.0 Å². The summed E-state index contributed by atoms with van der Waals surface area (Å²) in [5, 5.41) is 17.9. The molecule has 66 heavy (non-hydrogen) atoms. The smallest absolute Gasteiger partial charge is 0.333 e. The highest BCUT2D eigenvalue weighted by Crippen LogP contribution is 2.27. The molecule has 19 heteroatoms. The molecule has 0 saturated carbocycles. The van der Waals surface area contributed by atoms with Gasteiger partial charge in [-0.05, 0) is 98.5 Å². The van der Waals surface area contributed by atoms with E-state index in [9.17, 15) is 26.7 Å². The van der Waals surface area contributed by atoms with Crippen LogP contribution in [0.1, 0.15) is 49.9 Å². The van der Waals surface area contributed by atoms with Gasteiger partial charge in [0, 0.05) is 38.6 Å². The van der Waals surface area contributed by atoms with E-state index < -0.39 is 37.1 Å². The molecule has 6 aromatic rings. The monoisotopic (exact) mass is 946 g/mol. The molecule has 2 heterocycles. The predicted molar refractivity (Wildman–Crippen MR) is 247 cm³/mol. The summed E-state index contributed by atoms with van der Waals surface area (Å²) in [5.41, 5.74) is 1.35. The fraction of sp³-hybridized carbons (Fsp3) is 0.340. The van der Waals surface area contributed by atoms with Crippen LogP contribution < -0.4 is 18.9 Å². The fourth-order valence-electron chi connectivity index (χ4n) is 6.42. The molecule has 354 valence electrons. The summed E-state index contributed by atoms with van der Waals surface area (Å²) >= 11 is 0. The Bertz CT molecular complexity index is 2620. The van der Waals surface area contributed by atoms with Crippen molar-refractivity contribution in [3.63, 3.8) is 0 Å². The quantitative estimate of drug-likeness (QED) is 0.0849. The number of nitrogens with zero attached hydrogens (tertiary/aromatic N) is 6. The highest BCUT2D eigenvalue weighted by molar-refractivity contribution is 7.89. The molecule has 1 N–H and O–H groups in total. The Morgan fingerprint density at radius 1 is 0.530 bits per heavy atom. The fourth-order valence-corrected chi connectivity index (χ4v) is 9.12. The van der Waals surface area contributed by atoms with Crippen molar-refractivity contribution in [3.8, 4) is 23.0 Å². The van der Waals surface area contributed by atoms with Crippen LogP contribution in [0.4, 0.5) is 0 Å². The first-order valence-corrected chi connectivity index (χ1v) is 23.5. The van der Waals surface area contributed by atoms with Crippen molar-refractivity contribution in [1.82, 2.24) is 28.2 Å². The standard InChI is InChI=1S/C24H29N3O6S.C23H29N3O5S/c1-24(2,23(28)33-5)27-17-22(14-25-27)34(29,30)26(15-18-6-10-20(31-3)11-7-18)16-19-8-12-21(32-4)13-9-19;1-23(2,17-27)26-16-22(13-24-26)32(28,29)25(14-18-5-9-20(30-3)10-6-18)15-19-7-11-21(31-4)12-8-19/h6-14,17H,15-16H2,1-5H3;5-13,16,27H,14-15,17H2,1-4H3. The molecule has 0 bridgehead atoms. The molecule has 0 amide bonds. The second-order valence-corrected chi connectivity index (χ2v) is 20.1. The van der Waals surface area contributed by atoms with E-state index in [2.05, 4.69) is 10.2 Å². The van der Waals surface area contributed by atoms with Gasteiger partial charge in [-0.1, -0.05) is 48.5 Å². The maximum atomic E-state index is 13.7. The van der Waals surface area contributed by atoms with Gasteiger partial charge in [-0.3, -0.25) is 9.36 Å². The van der Waals surface area contributed by atoms with Crippen molar-refractivity contribution in [1.29, 1.82) is 0 Å². The molecule has 0 unspecified atom stereocenters. The third-order valence-electron chi connectivity index (χ3n) is 10.7. The largest absolute Gasteiger partial charge is 0.497 e. The average molecular weight is 947 g/mol. The van der Waals surface area contributed by atoms with Gasteiger partial charge in [0.25, 0.3) is 0 Å². The number of rotatable bonds is 20. The molecule has 4 aromatic carbocycles. The van der Waals surface area contributed by atoms with E-state index in [0.29, 0.717) is 23.0 Å². The maximum absolute atomic E-state index is 13.7. The zero-order chi connectivity index (χ0) is 48.3. The molecule has 0 atom stereocenters. The van der Waals surface area contributed by atoms with Gasteiger partial charge in [-0.15, -0.1) is 0 Å². The molecular weight excluding hydrogens is 889 g/mol. The van der Waals surface area contributed by atoms with Crippen LogP contribution in [0.3, 0.4) is 0 Å². The number of sulfonamides is 2. The number of aromatic nitrogens is 4. The highest BCUT2D eigenvalue weighted by atomic mass is 32.2. The molecule has 0 fully saturated rings. The van der Waals surface area contributed by atoms with Crippen molar-refractivity contribution in [2.75, 3.05) is 42.2 Å². The van der Waals surface area contributed by atoms with E-state index in [0.717, 1.165) is 22.3 Å². The number of hydrogen-bond acceptors (Lipinski definition) is 13. The van der Waals surface area contributed by atoms with Crippen LogP contribution in [-0.4, -0.2) is 98.2 Å². The van der Waals surface area contributed by atoms with E-state index in [1.165, 1.54) is 49.9 Å². The van der Waals surface area contributed by atoms with Crippen LogP contribution in [0.2, 0.25) is 0 Å². The van der Waals surface area contributed by atoms with Gasteiger partial charge < -0.3 is 28.8 Å². The van der Waals surface area contributed by atoms with Crippen molar-refractivity contribution < 1.29 is 50.4 Å². The maximum Gasteiger partial charge on any atom is 0.333 e. The van der Waals surface area contributed by atoms with E-state index in [1.54, 1.807) is 105 Å². The number of carbonyl (C=O) groups excluding carboxylic acids is 1. The minimum Gasteiger partial charge on any atom is -0.497 e. The third kappa shape index (κ3) is 12.3. The zero-order valence-electron chi connectivity index (χ0n) is 38.6. The first kappa shape index (κ1) is 50.7. The number of aliphatic hydroxyl groups is 1. The van der Waals surface area contributed by atoms with Crippen molar-refractivity contribution in [3.05, 3.63) is 144 Å². The lowest BCUT2D eigenvalue weighted by molar-refractivity contribution is -0.150. The summed E-state index contributed by atoms with van der Waals surface area (Å²) in [7, 11) is -0.248. The van der Waals surface area contributed by atoms with E-state index >= 15 is 0 Å². The minimum atomic E-state index is -3.97. The van der Waals surface area contributed by atoms with Crippen molar-refractivity contribution in [2.45, 2.75) is 74.7 Å². The number of carbonyl (C=O) groups is 1. The van der Waals surface area contributed by atoms with Crippen LogP contribution in [0.5, 0.6) is 23.0 Å². The Hall–Kier alpha value is -6.25. The van der Waals surface area contributed by atoms with Gasteiger partial charge >= 0.3 is 5.97 Å². The molecule has 0 saturated heterocycles. The Morgan fingerprint density at radius 3 is 1.09 bits per heavy atom. The van der Waals surface area contributed by atoms with Gasteiger partial charge in [-0.25, -0.2) is 21.6 Å². The number of hydrogen-bond donors (Lipinski definition) is 1. The number of ether oxygens (including phenoxy) is 5. The molecule has 0 aliphatic heterocycles. The zero-order valence-corrected chi connectivity index (χ0v) is 40.2. The molecule has 0 aliphatic carbocycles. The lowest BCUT2D eigenvalue weighted by atomic mass is 10.1. The topological polar surface area (TPSA) is 194 Å². The molecule has 0 spiro atoms. The Balaban J connectivity index is 0.000000248. The molecule has 6 rings (SSSR count). The SMILES string of the molecule is COC(=O)C(C)(C)n1cc(S(=O)(=O)N(Cc2ccc(OC)cc2)Cc2ccc(OC)cc2)cn1.COc1ccc(CN(Cc2ccc(OC)cc2)S(=O)(=O)c2cnn(C(C)(C)CO)c2)cc1. The van der Waals surface area contributed by atoms with Crippen LogP contribution in [0, 0.1) is 0 Å². The van der Waals surface area contributed by atoms with Gasteiger partial charge in [0.15, 0.2) is 5.54 Å². The Kier molecular flexibility index (Phi) is 16.8.